The molecule has 2 atom stereocenters. The number of amides is 2. The molecule has 2 rings (SSSR count). The van der Waals surface area contributed by atoms with E-state index in [1.54, 1.807) is 30.3 Å². The number of carbonyl (C=O) groups excluding carboxylic acids is 1. The number of ether oxygens (including phenoxy) is 1. The van der Waals surface area contributed by atoms with Crippen LogP contribution in [0, 0.1) is 5.92 Å². The molecule has 0 saturated carbocycles. The largest absolute Gasteiger partial charge is 0.480 e. The number of anilines is 1. The first kappa shape index (κ1) is 16.5. The molecule has 22 heavy (non-hydrogen) atoms. The van der Waals surface area contributed by atoms with E-state index in [9.17, 15) is 4.79 Å². The van der Waals surface area contributed by atoms with Crippen LogP contribution in [0.25, 0.3) is 0 Å². The SMILES string of the molecule is COc1ncccc1NC(=O)N(C)CCC1C(C)NNC1C. The molecule has 1 aromatic heterocycles. The minimum atomic E-state index is -0.162. The van der Waals surface area contributed by atoms with Crippen molar-refractivity contribution in [2.24, 2.45) is 5.92 Å². The Kier molecular flexibility index (Phi) is 5.57. The summed E-state index contributed by atoms with van der Waals surface area (Å²) in [5.74, 6) is 0.916. The molecule has 1 aliphatic heterocycles. The molecule has 7 heteroatoms. The lowest BCUT2D eigenvalue weighted by Gasteiger charge is -2.23. The first-order chi connectivity index (χ1) is 10.5. The van der Waals surface area contributed by atoms with Crippen LogP contribution < -0.4 is 20.9 Å². The van der Waals surface area contributed by atoms with Crippen LogP contribution in [0.5, 0.6) is 5.88 Å². The van der Waals surface area contributed by atoms with E-state index in [0.717, 1.165) is 6.42 Å². The Morgan fingerprint density at radius 3 is 2.73 bits per heavy atom. The van der Waals surface area contributed by atoms with E-state index in [2.05, 4.69) is 35.0 Å². The van der Waals surface area contributed by atoms with Crippen LogP contribution in [0.15, 0.2) is 18.3 Å². The van der Waals surface area contributed by atoms with Gasteiger partial charge in [-0.15, -0.1) is 0 Å². The predicted molar refractivity (Wildman–Crippen MR) is 85.7 cm³/mol. The Hall–Kier alpha value is -1.86. The summed E-state index contributed by atoms with van der Waals surface area (Å²) in [5.41, 5.74) is 7.04. The highest BCUT2D eigenvalue weighted by Crippen LogP contribution is 2.21. The Morgan fingerprint density at radius 1 is 1.41 bits per heavy atom. The van der Waals surface area contributed by atoms with Gasteiger partial charge in [-0.25, -0.2) is 9.78 Å². The summed E-state index contributed by atoms with van der Waals surface area (Å²) in [5, 5.41) is 2.83. The highest BCUT2D eigenvalue weighted by Gasteiger charge is 2.29. The van der Waals surface area contributed by atoms with Crippen LogP contribution in [-0.2, 0) is 0 Å². The number of urea groups is 1. The van der Waals surface area contributed by atoms with Gasteiger partial charge >= 0.3 is 6.03 Å². The maximum Gasteiger partial charge on any atom is 0.321 e. The molecule has 0 aliphatic carbocycles. The van der Waals surface area contributed by atoms with E-state index in [0.29, 0.717) is 36.1 Å². The molecule has 0 spiro atoms. The fourth-order valence-corrected chi connectivity index (χ4v) is 2.71. The Labute approximate surface area is 131 Å². The Bertz CT molecular complexity index is 500. The summed E-state index contributed by atoms with van der Waals surface area (Å²) in [7, 11) is 3.33. The van der Waals surface area contributed by atoms with Crippen molar-refractivity contribution in [1.29, 1.82) is 0 Å². The molecule has 1 saturated heterocycles. The normalized spacial score (nSPS) is 24.1. The zero-order valence-corrected chi connectivity index (χ0v) is 13.6. The molecule has 2 unspecified atom stereocenters. The van der Waals surface area contributed by atoms with Crippen LogP contribution in [0.3, 0.4) is 0 Å². The molecule has 0 aromatic carbocycles. The molecule has 2 amide bonds. The number of aromatic nitrogens is 1. The van der Waals surface area contributed by atoms with Gasteiger partial charge in [0.1, 0.15) is 5.69 Å². The van der Waals surface area contributed by atoms with Gasteiger partial charge in [0.05, 0.1) is 7.11 Å². The molecule has 122 valence electrons. The maximum absolute atomic E-state index is 12.2. The van der Waals surface area contributed by atoms with Crippen LogP contribution in [-0.4, -0.2) is 48.7 Å². The van der Waals surface area contributed by atoms with Gasteiger partial charge in [0.2, 0.25) is 5.88 Å². The fourth-order valence-electron chi connectivity index (χ4n) is 2.71. The number of methoxy groups -OCH3 is 1. The average molecular weight is 307 g/mol. The second-order valence-corrected chi connectivity index (χ2v) is 5.73. The van der Waals surface area contributed by atoms with Crippen LogP contribution >= 0.6 is 0 Å². The molecular formula is C15H25N5O2. The number of hydrogen-bond acceptors (Lipinski definition) is 5. The molecule has 0 bridgehead atoms. The van der Waals surface area contributed by atoms with E-state index < -0.39 is 0 Å². The molecular weight excluding hydrogens is 282 g/mol. The number of carbonyl (C=O) groups is 1. The van der Waals surface area contributed by atoms with Gasteiger partial charge in [-0.05, 0) is 38.3 Å². The molecule has 3 N–H and O–H groups in total. The zero-order valence-electron chi connectivity index (χ0n) is 13.6. The number of pyridine rings is 1. The number of rotatable bonds is 5. The minimum absolute atomic E-state index is 0.162. The fraction of sp³-hybridized carbons (Fsp3) is 0.600. The molecule has 2 heterocycles. The average Bonchev–Trinajstić information content (AvgIpc) is 2.84. The second kappa shape index (κ2) is 7.42. The van der Waals surface area contributed by atoms with Crippen molar-refractivity contribution >= 4 is 11.7 Å². The van der Waals surface area contributed by atoms with Gasteiger partial charge < -0.3 is 15.0 Å². The summed E-state index contributed by atoms with van der Waals surface area (Å²) in [4.78, 5) is 18.0. The number of hydrazine groups is 1. The van der Waals surface area contributed by atoms with Gasteiger partial charge in [0.25, 0.3) is 0 Å². The maximum atomic E-state index is 12.2. The lowest BCUT2D eigenvalue weighted by atomic mass is 9.93. The highest BCUT2D eigenvalue weighted by atomic mass is 16.5. The van der Waals surface area contributed by atoms with Crippen molar-refractivity contribution in [1.82, 2.24) is 20.7 Å². The van der Waals surface area contributed by atoms with Gasteiger partial charge in [-0.1, -0.05) is 0 Å². The van der Waals surface area contributed by atoms with Crippen LogP contribution in [0.2, 0.25) is 0 Å². The summed E-state index contributed by atoms with van der Waals surface area (Å²) in [6.45, 7) is 5.00. The van der Waals surface area contributed by atoms with E-state index in [-0.39, 0.29) is 6.03 Å². The third kappa shape index (κ3) is 3.86. The van der Waals surface area contributed by atoms with Crippen molar-refractivity contribution in [3.05, 3.63) is 18.3 Å². The summed E-state index contributed by atoms with van der Waals surface area (Å²) in [6.07, 6.45) is 2.57. The molecule has 7 nitrogen and oxygen atoms in total. The smallest absolute Gasteiger partial charge is 0.321 e. The monoisotopic (exact) mass is 307 g/mol. The summed E-state index contributed by atoms with van der Waals surface area (Å²) >= 11 is 0. The number of nitrogens with one attached hydrogen (secondary N) is 3. The Morgan fingerprint density at radius 2 is 2.09 bits per heavy atom. The standard InChI is InChI=1S/C15H25N5O2/c1-10-12(11(2)19-18-10)7-9-20(3)15(21)17-13-6-5-8-16-14(13)22-4/h5-6,8,10-12,18-19H,7,9H2,1-4H3,(H,17,21). The highest BCUT2D eigenvalue weighted by molar-refractivity contribution is 5.90. The summed E-state index contributed by atoms with van der Waals surface area (Å²) < 4.78 is 5.13. The lowest BCUT2D eigenvalue weighted by molar-refractivity contribution is 0.217. The van der Waals surface area contributed by atoms with Crippen molar-refractivity contribution in [3.63, 3.8) is 0 Å². The lowest BCUT2D eigenvalue weighted by Crippen LogP contribution is -2.35. The Balaban J connectivity index is 1.87. The first-order valence-electron chi connectivity index (χ1n) is 7.55. The summed E-state index contributed by atoms with van der Waals surface area (Å²) in [6, 6.07) is 4.18. The van der Waals surface area contributed by atoms with E-state index >= 15 is 0 Å². The van der Waals surface area contributed by atoms with Gasteiger partial charge in [0, 0.05) is 31.9 Å². The van der Waals surface area contributed by atoms with E-state index in [1.165, 1.54) is 7.11 Å². The van der Waals surface area contributed by atoms with Crippen molar-refractivity contribution < 1.29 is 9.53 Å². The van der Waals surface area contributed by atoms with Crippen molar-refractivity contribution in [2.75, 3.05) is 26.0 Å². The van der Waals surface area contributed by atoms with Gasteiger partial charge in [-0.2, -0.15) is 0 Å². The first-order valence-corrected chi connectivity index (χ1v) is 7.55. The van der Waals surface area contributed by atoms with Crippen LogP contribution in [0.4, 0.5) is 10.5 Å². The van der Waals surface area contributed by atoms with Crippen molar-refractivity contribution in [3.8, 4) is 5.88 Å². The number of nitrogens with zero attached hydrogens (tertiary/aromatic N) is 2. The molecule has 1 aliphatic rings. The minimum Gasteiger partial charge on any atom is -0.480 e. The molecule has 0 radical (unpaired) electrons. The van der Waals surface area contributed by atoms with Crippen LogP contribution in [0.1, 0.15) is 20.3 Å². The topological polar surface area (TPSA) is 78.5 Å². The van der Waals surface area contributed by atoms with Gasteiger partial charge in [0.15, 0.2) is 0 Å². The third-order valence-electron chi connectivity index (χ3n) is 4.17. The predicted octanol–water partition coefficient (Wildman–Crippen LogP) is 1.44. The van der Waals surface area contributed by atoms with E-state index in [1.807, 2.05) is 0 Å². The molecule has 1 fully saturated rings. The quantitative estimate of drug-likeness (QED) is 0.767. The van der Waals surface area contributed by atoms with E-state index in [4.69, 9.17) is 4.74 Å². The third-order valence-corrected chi connectivity index (χ3v) is 4.17. The number of hydrogen-bond donors (Lipinski definition) is 3. The molecule has 1 aromatic rings. The second-order valence-electron chi connectivity index (χ2n) is 5.73. The van der Waals surface area contributed by atoms with Gasteiger partial charge in [-0.3, -0.25) is 10.9 Å². The zero-order chi connectivity index (χ0) is 16.1. The van der Waals surface area contributed by atoms with Crippen molar-refractivity contribution in [2.45, 2.75) is 32.4 Å².